The van der Waals surface area contributed by atoms with Crippen LogP contribution in [0.15, 0.2) is 200 Å². The second-order valence-corrected chi connectivity index (χ2v) is 14.8. The van der Waals surface area contributed by atoms with Crippen molar-refractivity contribution in [1.29, 1.82) is 0 Å². The minimum Gasteiger partial charge on any atom is -0.310 e. The Morgan fingerprint density at radius 1 is 0.377 bits per heavy atom. The second kappa shape index (κ2) is 12.1. The van der Waals surface area contributed by atoms with Gasteiger partial charge in [0.15, 0.2) is 0 Å². The lowest BCUT2D eigenvalue weighted by atomic mass is 9.67. The molecule has 2 aliphatic carbocycles. The van der Waals surface area contributed by atoms with E-state index >= 15 is 0 Å². The summed E-state index contributed by atoms with van der Waals surface area (Å²) >= 11 is 0. The van der Waals surface area contributed by atoms with Crippen LogP contribution in [0.25, 0.3) is 33.4 Å². The van der Waals surface area contributed by atoms with Crippen molar-refractivity contribution in [3.63, 3.8) is 0 Å². The summed E-state index contributed by atoms with van der Waals surface area (Å²) in [6.07, 6.45) is 0. The molecule has 0 unspecified atom stereocenters. The van der Waals surface area contributed by atoms with Gasteiger partial charge < -0.3 is 4.90 Å². The van der Waals surface area contributed by atoms with Crippen LogP contribution in [0.3, 0.4) is 0 Å². The van der Waals surface area contributed by atoms with Crippen LogP contribution < -0.4 is 4.90 Å². The molecule has 0 saturated heterocycles. The Bertz CT molecular complexity index is 2650. The first-order chi connectivity index (χ1) is 26.4. The molecule has 0 amide bonds. The average molecular weight is 679 g/mol. The van der Waals surface area contributed by atoms with Gasteiger partial charge >= 0.3 is 0 Å². The summed E-state index contributed by atoms with van der Waals surface area (Å²) in [4.78, 5) is 2.35. The number of nitrogens with zero attached hydrogens (tertiary/aromatic N) is 1. The summed E-state index contributed by atoms with van der Waals surface area (Å²) in [5.41, 5.74) is 17.2. The molecule has 1 nitrogen and oxygen atoms in total. The van der Waals surface area contributed by atoms with Gasteiger partial charge in [0, 0.05) is 22.5 Å². The Balaban J connectivity index is 1.22. The maximum atomic E-state index is 9.47. The minimum absolute atomic E-state index is 0.151. The number of rotatable bonds is 6. The zero-order chi connectivity index (χ0) is 36.4. The highest BCUT2D eigenvalue weighted by Gasteiger charge is 2.46. The zero-order valence-corrected chi connectivity index (χ0v) is 29.9. The van der Waals surface area contributed by atoms with Crippen LogP contribution in [-0.4, -0.2) is 0 Å². The van der Waals surface area contributed by atoms with Crippen LogP contribution in [0.5, 0.6) is 0 Å². The molecule has 0 heterocycles. The molecule has 0 aromatic heterocycles. The second-order valence-electron chi connectivity index (χ2n) is 14.8. The molecule has 252 valence electrons. The van der Waals surface area contributed by atoms with E-state index in [1.165, 1.54) is 61.2 Å². The van der Waals surface area contributed by atoms with Crippen LogP contribution in [0.1, 0.15) is 48.6 Å². The third-order valence-electron chi connectivity index (χ3n) is 11.7. The van der Waals surface area contributed by atoms with Crippen LogP contribution in [0.4, 0.5) is 17.1 Å². The molecule has 0 aliphatic heterocycles. The quantitative estimate of drug-likeness (QED) is 0.169. The highest BCUT2D eigenvalue weighted by atomic mass is 15.1. The summed E-state index contributed by atoms with van der Waals surface area (Å²) in [7, 11) is 0. The Kier molecular flexibility index (Phi) is 6.88. The van der Waals surface area contributed by atoms with Crippen LogP contribution >= 0.6 is 0 Å². The Hall–Kier alpha value is -6.44. The van der Waals surface area contributed by atoms with Gasteiger partial charge in [-0.15, -0.1) is 0 Å². The van der Waals surface area contributed by atoms with E-state index in [1.807, 2.05) is 6.07 Å². The first-order valence-corrected chi connectivity index (χ1v) is 18.5. The van der Waals surface area contributed by atoms with Gasteiger partial charge in [-0.05, 0) is 103 Å². The van der Waals surface area contributed by atoms with E-state index in [9.17, 15) is 1.37 Å². The SMILES string of the molecule is [2H]c1cc(N(c2ccc(-c3ccccc3)cc2)c2ccc3c(c2)C(C)(C)c2ccccc2-3)cc(C2(c3ccccc3)c3ccccc3-c3ccccc32)c1. The standard InChI is InChI=1S/C52H39N/c1-51(2)47-25-12-9-22-43(47)46-33-32-42(35-50(46)51)53(40-30-28-37(29-31-40)36-16-5-3-6-17-36)41-21-15-20-39(34-41)52(38-18-7-4-8-19-38)48-26-13-10-23-44(48)45-24-11-14-27-49(45)52/h3-35H,1-2H3/i15D. The highest BCUT2D eigenvalue weighted by Crippen LogP contribution is 2.57. The van der Waals surface area contributed by atoms with Gasteiger partial charge in [0.2, 0.25) is 0 Å². The molecule has 0 saturated carbocycles. The molecular formula is C52H39N. The molecule has 0 atom stereocenters. The van der Waals surface area contributed by atoms with Crippen LogP contribution in [0.2, 0.25) is 0 Å². The van der Waals surface area contributed by atoms with E-state index in [0.29, 0.717) is 6.04 Å². The first-order valence-electron chi connectivity index (χ1n) is 19.0. The number of hydrogen-bond donors (Lipinski definition) is 0. The molecule has 0 radical (unpaired) electrons. The van der Waals surface area contributed by atoms with E-state index in [1.54, 1.807) is 0 Å². The lowest BCUT2D eigenvalue weighted by molar-refractivity contribution is 0.660. The van der Waals surface area contributed by atoms with Gasteiger partial charge in [0.25, 0.3) is 0 Å². The van der Waals surface area contributed by atoms with Crippen molar-refractivity contribution in [2.24, 2.45) is 0 Å². The van der Waals surface area contributed by atoms with Gasteiger partial charge in [-0.25, -0.2) is 0 Å². The molecule has 0 spiro atoms. The van der Waals surface area contributed by atoms with E-state index < -0.39 is 5.41 Å². The molecule has 0 bridgehead atoms. The summed E-state index contributed by atoms with van der Waals surface area (Å²) in [6.45, 7) is 4.67. The maximum absolute atomic E-state index is 9.47. The Morgan fingerprint density at radius 2 is 0.868 bits per heavy atom. The molecule has 8 aromatic rings. The molecule has 10 rings (SSSR count). The third kappa shape index (κ3) is 4.70. The predicted octanol–water partition coefficient (Wildman–Crippen LogP) is 13.5. The van der Waals surface area contributed by atoms with Gasteiger partial charge in [0.05, 0.1) is 6.79 Å². The fraction of sp³-hybridized carbons (Fsp3) is 0.0769. The molecule has 8 aromatic carbocycles. The minimum atomic E-state index is -0.606. The van der Waals surface area contributed by atoms with Gasteiger partial charge in [-0.2, -0.15) is 0 Å². The van der Waals surface area contributed by atoms with Crippen molar-refractivity contribution in [2.75, 3.05) is 4.90 Å². The number of benzene rings is 8. The van der Waals surface area contributed by atoms with Gasteiger partial charge in [-0.3, -0.25) is 0 Å². The van der Waals surface area contributed by atoms with Crippen molar-refractivity contribution in [2.45, 2.75) is 24.7 Å². The van der Waals surface area contributed by atoms with Crippen molar-refractivity contribution in [3.05, 3.63) is 234 Å². The molecule has 1 heteroatoms. The smallest absolute Gasteiger partial charge is 0.0714 e. The largest absolute Gasteiger partial charge is 0.310 e. The summed E-state index contributed by atoms with van der Waals surface area (Å²) in [5.74, 6) is 0. The van der Waals surface area contributed by atoms with Crippen molar-refractivity contribution in [1.82, 2.24) is 0 Å². The van der Waals surface area contributed by atoms with Gasteiger partial charge in [-0.1, -0.05) is 178 Å². The fourth-order valence-electron chi connectivity index (χ4n) is 9.23. The third-order valence-corrected chi connectivity index (χ3v) is 11.7. The maximum Gasteiger partial charge on any atom is 0.0714 e. The van der Waals surface area contributed by atoms with E-state index in [0.717, 1.165) is 22.6 Å². The summed E-state index contributed by atoms with van der Waals surface area (Å²) in [5, 5.41) is 0. The van der Waals surface area contributed by atoms with Crippen molar-refractivity contribution in [3.8, 4) is 33.4 Å². The lowest BCUT2D eigenvalue weighted by Gasteiger charge is -2.35. The molecule has 0 N–H and O–H groups in total. The monoisotopic (exact) mass is 678 g/mol. The van der Waals surface area contributed by atoms with E-state index in [4.69, 9.17) is 0 Å². The Labute approximate surface area is 313 Å². The van der Waals surface area contributed by atoms with Crippen molar-refractivity contribution < 1.29 is 1.37 Å². The van der Waals surface area contributed by atoms with Crippen LogP contribution in [0, 0.1) is 0 Å². The first kappa shape index (κ1) is 30.2. The molecule has 2 aliphatic rings. The highest BCUT2D eigenvalue weighted by molar-refractivity contribution is 5.89. The topological polar surface area (TPSA) is 3.24 Å². The van der Waals surface area contributed by atoms with E-state index in [-0.39, 0.29) is 5.41 Å². The van der Waals surface area contributed by atoms with Gasteiger partial charge in [0.1, 0.15) is 0 Å². The normalized spacial score (nSPS) is 14.4. The van der Waals surface area contributed by atoms with Crippen molar-refractivity contribution >= 4 is 17.1 Å². The fourth-order valence-corrected chi connectivity index (χ4v) is 9.23. The van der Waals surface area contributed by atoms with E-state index in [2.05, 4.69) is 207 Å². The summed E-state index contributed by atoms with van der Waals surface area (Å²) < 4.78 is 9.47. The van der Waals surface area contributed by atoms with Crippen LogP contribution in [-0.2, 0) is 10.8 Å². The summed E-state index contributed by atoms with van der Waals surface area (Å²) in [6, 6.07) is 70.5. The Morgan fingerprint density at radius 3 is 1.53 bits per heavy atom. The molecular weight excluding hydrogens is 639 g/mol. The lowest BCUT2D eigenvalue weighted by Crippen LogP contribution is -2.28. The average Bonchev–Trinajstić information content (AvgIpc) is 3.65. The number of fused-ring (bicyclic) bond motifs is 6. The number of hydrogen-bond acceptors (Lipinski definition) is 1. The molecule has 53 heavy (non-hydrogen) atoms. The number of anilines is 3. The molecule has 0 fully saturated rings. The predicted molar refractivity (Wildman–Crippen MR) is 221 cm³/mol. The zero-order valence-electron chi connectivity index (χ0n) is 30.9.